The van der Waals surface area contributed by atoms with Gasteiger partial charge in [-0.1, -0.05) is 20.3 Å². The Morgan fingerprint density at radius 3 is 2.38 bits per heavy atom. The van der Waals surface area contributed by atoms with Crippen LogP contribution in [0.15, 0.2) is 12.1 Å². The molecule has 21 heavy (non-hydrogen) atoms. The average molecular weight is 291 g/mol. The molecule has 0 aromatic heterocycles. The fourth-order valence-electron chi connectivity index (χ4n) is 3.16. The fraction of sp³-hybridized carbons (Fsp3) is 0.667. The van der Waals surface area contributed by atoms with Gasteiger partial charge in [-0.2, -0.15) is 0 Å². The van der Waals surface area contributed by atoms with Crippen LogP contribution in [0.3, 0.4) is 0 Å². The van der Waals surface area contributed by atoms with Crippen LogP contribution in [-0.2, 0) is 0 Å². The van der Waals surface area contributed by atoms with Crippen LogP contribution in [0.2, 0.25) is 0 Å². The Balaban J connectivity index is 2.12. The maximum atomic E-state index is 5.41. The van der Waals surface area contributed by atoms with Crippen molar-refractivity contribution < 1.29 is 9.47 Å². The second kappa shape index (κ2) is 6.59. The summed E-state index contributed by atoms with van der Waals surface area (Å²) >= 11 is 0. The van der Waals surface area contributed by atoms with E-state index in [1.54, 1.807) is 14.2 Å². The van der Waals surface area contributed by atoms with Gasteiger partial charge in [0.1, 0.15) is 0 Å². The zero-order valence-electron chi connectivity index (χ0n) is 14.1. The van der Waals surface area contributed by atoms with Crippen LogP contribution in [0.4, 0.5) is 5.69 Å². The van der Waals surface area contributed by atoms with Crippen molar-refractivity contribution in [1.82, 2.24) is 0 Å². The van der Waals surface area contributed by atoms with Crippen LogP contribution in [-0.4, -0.2) is 20.3 Å². The molecule has 1 atom stereocenters. The summed E-state index contributed by atoms with van der Waals surface area (Å²) < 4.78 is 10.8. The topological polar surface area (TPSA) is 30.5 Å². The summed E-state index contributed by atoms with van der Waals surface area (Å²) in [5, 5.41) is 3.72. The third kappa shape index (κ3) is 4.05. The second-order valence-corrected chi connectivity index (χ2v) is 6.96. The molecule has 1 saturated carbocycles. The van der Waals surface area contributed by atoms with Gasteiger partial charge in [0.05, 0.1) is 14.2 Å². The highest BCUT2D eigenvalue weighted by Gasteiger charge is 2.24. The number of ether oxygens (including phenoxy) is 2. The van der Waals surface area contributed by atoms with Gasteiger partial charge in [0.15, 0.2) is 11.5 Å². The van der Waals surface area contributed by atoms with Gasteiger partial charge in [-0.3, -0.25) is 0 Å². The zero-order valence-corrected chi connectivity index (χ0v) is 14.1. The summed E-state index contributed by atoms with van der Waals surface area (Å²) in [6.45, 7) is 6.89. The molecule has 0 saturated heterocycles. The van der Waals surface area contributed by atoms with E-state index in [0.29, 0.717) is 11.5 Å². The summed E-state index contributed by atoms with van der Waals surface area (Å²) in [6, 6.07) is 4.66. The predicted octanol–water partition coefficient (Wildman–Crippen LogP) is 4.78. The summed E-state index contributed by atoms with van der Waals surface area (Å²) in [7, 11) is 3.36. The maximum absolute atomic E-state index is 5.41. The molecule has 1 aliphatic rings. The molecule has 0 amide bonds. The normalized spacial score (nSPS) is 21.5. The Hall–Kier alpha value is -1.38. The van der Waals surface area contributed by atoms with Crippen molar-refractivity contribution in [1.29, 1.82) is 0 Å². The lowest BCUT2D eigenvalue weighted by Crippen LogP contribution is -2.19. The van der Waals surface area contributed by atoms with Gasteiger partial charge in [-0.05, 0) is 49.7 Å². The number of rotatable bonds is 4. The third-order valence-corrected chi connectivity index (χ3v) is 4.67. The van der Waals surface area contributed by atoms with E-state index >= 15 is 0 Å². The lowest BCUT2D eigenvalue weighted by molar-refractivity contribution is 0.313. The van der Waals surface area contributed by atoms with Crippen LogP contribution >= 0.6 is 0 Å². The van der Waals surface area contributed by atoms with E-state index < -0.39 is 0 Å². The summed E-state index contributed by atoms with van der Waals surface area (Å²) in [5.41, 5.74) is 2.86. The van der Waals surface area contributed by atoms with Gasteiger partial charge >= 0.3 is 0 Å². The number of aryl methyl sites for hydroxylation is 1. The first-order valence-electron chi connectivity index (χ1n) is 7.94. The molecule has 1 unspecified atom stereocenters. The van der Waals surface area contributed by atoms with Gasteiger partial charge in [0, 0.05) is 17.8 Å². The number of hydrogen-bond acceptors (Lipinski definition) is 3. The molecule has 3 nitrogen and oxygen atoms in total. The van der Waals surface area contributed by atoms with E-state index in [4.69, 9.17) is 9.47 Å². The van der Waals surface area contributed by atoms with Gasteiger partial charge < -0.3 is 14.8 Å². The molecule has 3 heteroatoms. The third-order valence-electron chi connectivity index (χ3n) is 4.67. The van der Waals surface area contributed by atoms with Crippen molar-refractivity contribution in [3.63, 3.8) is 0 Å². The Labute approximate surface area is 129 Å². The summed E-state index contributed by atoms with van der Waals surface area (Å²) in [4.78, 5) is 0. The molecular formula is C18H29NO2. The monoisotopic (exact) mass is 291 g/mol. The molecule has 0 bridgehead atoms. The lowest BCUT2D eigenvalue weighted by atomic mass is 9.85. The second-order valence-electron chi connectivity index (χ2n) is 6.96. The van der Waals surface area contributed by atoms with Crippen LogP contribution in [0.25, 0.3) is 0 Å². The van der Waals surface area contributed by atoms with E-state index in [2.05, 4.69) is 32.2 Å². The molecule has 0 spiro atoms. The molecule has 1 aromatic carbocycles. The minimum absolute atomic E-state index is 0.489. The Bertz CT molecular complexity index is 482. The SMILES string of the molecule is COc1cc(C)c(NC2CCCC(C)(C)CC2)cc1OC. The minimum atomic E-state index is 0.489. The van der Waals surface area contributed by atoms with Crippen LogP contribution < -0.4 is 14.8 Å². The van der Waals surface area contributed by atoms with E-state index in [1.165, 1.54) is 37.7 Å². The Morgan fingerprint density at radius 2 is 1.71 bits per heavy atom. The van der Waals surface area contributed by atoms with Crippen LogP contribution in [0.5, 0.6) is 11.5 Å². The number of nitrogens with one attached hydrogen (secondary N) is 1. The number of hydrogen-bond donors (Lipinski definition) is 1. The van der Waals surface area contributed by atoms with Gasteiger partial charge in [-0.25, -0.2) is 0 Å². The van der Waals surface area contributed by atoms with E-state index in [0.717, 1.165) is 17.2 Å². The largest absolute Gasteiger partial charge is 0.493 e. The molecule has 1 aliphatic carbocycles. The highest BCUT2D eigenvalue weighted by atomic mass is 16.5. The fourth-order valence-corrected chi connectivity index (χ4v) is 3.16. The predicted molar refractivity (Wildman–Crippen MR) is 88.6 cm³/mol. The molecule has 0 aliphatic heterocycles. The zero-order chi connectivity index (χ0) is 15.5. The number of benzene rings is 1. The molecular weight excluding hydrogens is 262 g/mol. The maximum Gasteiger partial charge on any atom is 0.162 e. The van der Waals surface area contributed by atoms with E-state index in [1.807, 2.05) is 6.07 Å². The quantitative estimate of drug-likeness (QED) is 0.810. The van der Waals surface area contributed by atoms with Gasteiger partial charge in [0.25, 0.3) is 0 Å². The first-order valence-corrected chi connectivity index (χ1v) is 7.94. The van der Waals surface area contributed by atoms with Gasteiger partial charge in [-0.15, -0.1) is 0 Å². The minimum Gasteiger partial charge on any atom is -0.493 e. The molecule has 0 radical (unpaired) electrons. The Morgan fingerprint density at radius 1 is 1.05 bits per heavy atom. The highest BCUT2D eigenvalue weighted by molar-refractivity contribution is 5.60. The molecule has 1 aromatic rings. The highest BCUT2D eigenvalue weighted by Crippen LogP contribution is 2.37. The summed E-state index contributed by atoms with van der Waals surface area (Å²) in [6.07, 6.45) is 6.40. The van der Waals surface area contributed by atoms with Crippen LogP contribution in [0.1, 0.15) is 51.5 Å². The van der Waals surface area contributed by atoms with Crippen molar-refractivity contribution >= 4 is 5.69 Å². The lowest BCUT2D eigenvalue weighted by Gasteiger charge is -2.23. The Kier molecular flexibility index (Phi) is 5.02. The first kappa shape index (κ1) is 16.0. The average Bonchev–Trinajstić information content (AvgIpc) is 2.61. The van der Waals surface area contributed by atoms with E-state index in [-0.39, 0.29) is 0 Å². The molecule has 0 heterocycles. The van der Waals surface area contributed by atoms with Crippen LogP contribution in [0, 0.1) is 12.3 Å². The number of methoxy groups -OCH3 is 2. The standard InChI is InChI=1S/C18H29NO2/c1-13-11-16(20-4)17(21-5)12-15(13)19-14-7-6-9-18(2,3)10-8-14/h11-12,14,19H,6-10H2,1-5H3. The summed E-state index contributed by atoms with van der Waals surface area (Å²) in [5.74, 6) is 1.59. The molecule has 2 rings (SSSR count). The van der Waals surface area contributed by atoms with Crippen molar-refractivity contribution in [3.8, 4) is 11.5 Å². The smallest absolute Gasteiger partial charge is 0.162 e. The van der Waals surface area contributed by atoms with E-state index in [9.17, 15) is 0 Å². The molecule has 1 N–H and O–H groups in total. The molecule has 1 fully saturated rings. The first-order chi connectivity index (χ1) is 9.95. The van der Waals surface area contributed by atoms with Crippen molar-refractivity contribution in [2.45, 2.75) is 58.9 Å². The van der Waals surface area contributed by atoms with Crippen molar-refractivity contribution in [3.05, 3.63) is 17.7 Å². The number of anilines is 1. The molecule has 118 valence electrons. The van der Waals surface area contributed by atoms with Crippen molar-refractivity contribution in [2.75, 3.05) is 19.5 Å². The van der Waals surface area contributed by atoms with Crippen molar-refractivity contribution in [2.24, 2.45) is 5.41 Å². The van der Waals surface area contributed by atoms with Gasteiger partial charge in [0.2, 0.25) is 0 Å².